The summed E-state index contributed by atoms with van der Waals surface area (Å²) in [6.07, 6.45) is 10.3. The SMILES string of the molecule is CCCCCCCCCCCC(=O)NC(CCC(=O)O)C(=O)O.[Na+]. The van der Waals surface area contributed by atoms with E-state index in [2.05, 4.69) is 12.2 Å². The smallest absolute Gasteiger partial charge is 0.481 e. The largest absolute Gasteiger partial charge is 1.00 e. The topological polar surface area (TPSA) is 104 Å². The van der Waals surface area contributed by atoms with Crippen LogP contribution in [0.3, 0.4) is 0 Å². The summed E-state index contributed by atoms with van der Waals surface area (Å²) in [5.41, 5.74) is 0. The van der Waals surface area contributed by atoms with Crippen molar-refractivity contribution in [3.63, 3.8) is 0 Å². The average Bonchev–Trinajstić information content (AvgIpc) is 2.49. The molecule has 134 valence electrons. The van der Waals surface area contributed by atoms with Gasteiger partial charge in [0.05, 0.1) is 0 Å². The van der Waals surface area contributed by atoms with Gasteiger partial charge in [0.1, 0.15) is 6.04 Å². The molecule has 3 N–H and O–H groups in total. The number of carboxylic acid groups (broad SMARTS) is 2. The molecule has 1 unspecified atom stereocenters. The second-order valence-corrected chi connectivity index (χ2v) is 5.97. The van der Waals surface area contributed by atoms with Crippen LogP contribution in [0.1, 0.15) is 84.0 Å². The average molecular weight is 352 g/mol. The number of unbranched alkanes of at least 4 members (excludes halogenated alkanes) is 8. The monoisotopic (exact) mass is 352 g/mol. The van der Waals surface area contributed by atoms with Crippen LogP contribution >= 0.6 is 0 Å². The molecule has 0 aliphatic rings. The van der Waals surface area contributed by atoms with Gasteiger partial charge in [0.2, 0.25) is 5.91 Å². The minimum absolute atomic E-state index is 0. The van der Waals surface area contributed by atoms with Crippen molar-refractivity contribution in [3.8, 4) is 0 Å². The van der Waals surface area contributed by atoms with Crippen LogP contribution in [-0.2, 0) is 14.4 Å². The van der Waals surface area contributed by atoms with E-state index in [1.807, 2.05) is 0 Å². The van der Waals surface area contributed by atoms with Crippen molar-refractivity contribution >= 4 is 17.8 Å². The minimum atomic E-state index is -1.19. The van der Waals surface area contributed by atoms with Gasteiger partial charge in [-0.25, -0.2) is 4.79 Å². The maximum Gasteiger partial charge on any atom is 1.00 e. The summed E-state index contributed by atoms with van der Waals surface area (Å²) in [6.45, 7) is 2.20. The summed E-state index contributed by atoms with van der Waals surface area (Å²) in [5.74, 6) is -2.57. The van der Waals surface area contributed by atoms with Crippen LogP contribution in [0, 0.1) is 0 Å². The molecule has 0 aliphatic heterocycles. The predicted octanol–water partition coefficient (Wildman–Crippen LogP) is 0.346. The number of nitrogens with one attached hydrogen (secondary N) is 1. The molecule has 0 bridgehead atoms. The fourth-order valence-electron chi connectivity index (χ4n) is 2.39. The molecule has 6 nitrogen and oxygen atoms in total. The Bertz CT molecular complexity index is 363. The molecule has 0 aromatic rings. The van der Waals surface area contributed by atoms with Gasteiger partial charge in [-0.1, -0.05) is 58.3 Å². The zero-order valence-electron chi connectivity index (χ0n) is 15.2. The summed E-state index contributed by atoms with van der Waals surface area (Å²) in [6, 6.07) is -1.11. The number of carbonyl (C=O) groups is 3. The van der Waals surface area contributed by atoms with E-state index in [1.165, 1.54) is 38.5 Å². The van der Waals surface area contributed by atoms with Crippen molar-refractivity contribution in [3.05, 3.63) is 0 Å². The molecule has 0 aromatic carbocycles. The molecule has 1 amide bonds. The number of aliphatic carboxylic acids is 2. The molecular weight excluding hydrogens is 321 g/mol. The van der Waals surface area contributed by atoms with E-state index in [4.69, 9.17) is 10.2 Å². The zero-order chi connectivity index (χ0) is 17.5. The molecule has 0 aliphatic carbocycles. The third-order valence-corrected chi connectivity index (χ3v) is 3.79. The fourth-order valence-corrected chi connectivity index (χ4v) is 2.39. The predicted molar refractivity (Wildman–Crippen MR) is 88.3 cm³/mol. The molecule has 0 radical (unpaired) electrons. The minimum Gasteiger partial charge on any atom is -0.481 e. The summed E-state index contributed by atoms with van der Waals surface area (Å²) in [5, 5.41) is 19.9. The summed E-state index contributed by atoms with van der Waals surface area (Å²) >= 11 is 0. The van der Waals surface area contributed by atoms with E-state index in [0.29, 0.717) is 6.42 Å². The molecular formula is C17H31NNaO5+. The molecule has 0 aromatic heterocycles. The van der Waals surface area contributed by atoms with Gasteiger partial charge in [-0.05, 0) is 12.8 Å². The number of carboxylic acids is 2. The van der Waals surface area contributed by atoms with E-state index < -0.39 is 18.0 Å². The number of amides is 1. The molecule has 1 atom stereocenters. The third kappa shape index (κ3) is 16.3. The van der Waals surface area contributed by atoms with Crippen LogP contribution in [0.4, 0.5) is 0 Å². The first-order chi connectivity index (χ1) is 11.0. The Morgan fingerprint density at radius 3 is 1.79 bits per heavy atom. The van der Waals surface area contributed by atoms with Crippen LogP contribution in [-0.4, -0.2) is 34.1 Å². The van der Waals surface area contributed by atoms with Crippen LogP contribution < -0.4 is 34.9 Å². The Kier molecular flexibility index (Phi) is 18.4. The van der Waals surface area contributed by atoms with Gasteiger partial charge >= 0.3 is 41.5 Å². The molecule has 0 saturated carbocycles. The van der Waals surface area contributed by atoms with Crippen molar-refractivity contribution in [2.45, 2.75) is 90.0 Å². The van der Waals surface area contributed by atoms with E-state index in [1.54, 1.807) is 0 Å². The van der Waals surface area contributed by atoms with Gasteiger partial charge in [-0.2, -0.15) is 0 Å². The number of rotatable bonds is 15. The van der Waals surface area contributed by atoms with Crippen molar-refractivity contribution in [2.75, 3.05) is 0 Å². The zero-order valence-corrected chi connectivity index (χ0v) is 17.2. The molecule has 7 heteroatoms. The van der Waals surface area contributed by atoms with E-state index in [0.717, 1.165) is 19.3 Å². The van der Waals surface area contributed by atoms with Crippen molar-refractivity contribution in [2.24, 2.45) is 0 Å². The first-order valence-corrected chi connectivity index (χ1v) is 8.71. The van der Waals surface area contributed by atoms with Crippen LogP contribution in [0.5, 0.6) is 0 Å². The Hall–Kier alpha value is -0.590. The van der Waals surface area contributed by atoms with Crippen molar-refractivity contribution in [1.29, 1.82) is 0 Å². The molecule has 24 heavy (non-hydrogen) atoms. The van der Waals surface area contributed by atoms with Crippen LogP contribution in [0.15, 0.2) is 0 Å². The Labute approximate surface area is 167 Å². The quantitative estimate of drug-likeness (QED) is 0.291. The van der Waals surface area contributed by atoms with E-state index in [-0.39, 0.29) is 48.3 Å². The van der Waals surface area contributed by atoms with Gasteiger partial charge in [0.15, 0.2) is 0 Å². The number of hydrogen-bond acceptors (Lipinski definition) is 3. The summed E-state index contributed by atoms with van der Waals surface area (Å²) < 4.78 is 0. The van der Waals surface area contributed by atoms with Gasteiger partial charge in [-0.3, -0.25) is 9.59 Å². The molecule has 0 saturated heterocycles. The first-order valence-electron chi connectivity index (χ1n) is 8.71. The number of carbonyl (C=O) groups excluding carboxylic acids is 1. The molecule has 0 rings (SSSR count). The maximum atomic E-state index is 11.7. The Balaban J connectivity index is 0. The molecule has 0 fully saturated rings. The van der Waals surface area contributed by atoms with Gasteiger partial charge in [0.25, 0.3) is 0 Å². The van der Waals surface area contributed by atoms with Gasteiger partial charge < -0.3 is 15.5 Å². The van der Waals surface area contributed by atoms with Gasteiger partial charge in [0, 0.05) is 12.8 Å². The van der Waals surface area contributed by atoms with Crippen molar-refractivity contribution in [1.82, 2.24) is 5.32 Å². The van der Waals surface area contributed by atoms with Crippen molar-refractivity contribution < 1.29 is 54.2 Å². The second kappa shape index (κ2) is 17.2. The summed E-state index contributed by atoms with van der Waals surface area (Å²) in [7, 11) is 0. The molecule has 0 spiro atoms. The standard InChI is InChI=1S/C17H31NO5.Na/c1-2-3-4-5-6-7-8-9-10-11-15(19)18-14(17(22)23)12-13-16(20)21;/h14H,2-13H2,1H3,(H,18,19)(H,20,21)(H,22,23);/q;+1. The van der Waals surface area contributed by atoms with Crippen LogP contribution in [0.25, 0.3) is 0 Å². The Morgan fingerprint density at radius 1 is 0.833 bits per heavy atom. The van der Waals surface area contributed by atoms with E-state index in [9.17, 15) is 14.4 Å². The third-order valence-electron chi connectivity index (χ3n) is 3.79. The first kappa shape index (κ1) is 25.6. The fraction of sp³-hybridized carbons (Fsp3) is 0.824. The molecule has 0 heterocycles. The normalized spacial score (nSPS) is 11.4. The van der Waals surface area contributed by atoms with Gasteiger partial charge in [-0.15, -0.1) is 0 Å². The van der Waals surface area contributed by atoms with Crippen LogP contribution in [0.2, 0.25) is 0 Å². The van der Waals surface area contributed by atoms with E-state index >= 15 is 0 Å². The Morgan fingerprint density at radius 2 is 1.33 bits per heavy atom. The maximum absolute atomic E-state index is 11.7. The summed E-state index contributed by atoms with van der Waals surface area (Å²) in [4.78, 5) is 33.1. The second-order valence-electron chi connectivity index (χ2n) is 5.97. The number of hydrogen-bond donors (Lipinski definition) is 3.